The number of aromatic hydroxyl groups is 2. The molecule has 31 nitrogen and oxygen atoms in total. The minimum Gasteiger partial charge on any atom is -0.508 e. The molecule has 0 saturated carbocycles. The summed E-state index contributed by atoms with van der Waals surface area (Å²) in [6.45, 7) is 2.68. The van der Waals surface area contributed by atoms with Crippen LogP contribution in [0.25, 0.3) is 44.3 Å². The van der Waals surface area contributed by atoms with Gasteiger partial charge in [-0.05, 0) is 155 Å². The number of carboxylic acids is 2. The number of fused-ring (bicyclic) bond motifs is 3. The molecule has 2 aliphatic heterocycles. The molecule has 1 saturated heterocycles. The highest BCUT2D eigenvalue weighted by atomic mass is 33.1. The highest BCUT2D eigenvalue weighted by Gasteiger charge is 2.39. The summed E-state index contributed by atoms with van der Waals surface area (Å²) in [4.78, 5) is 160. The number of unbranched alkanes of at least 4 members (excludes halogenated alkanes) is 2. The van der Waals surface area contributed by atoms with E-state index < -0.39 is 137 Å². The third kappa shape index (κ3) is 22.5. The zero-order valence-electron chi connectivity index (χ0n) is 59.8. The van der Waals surface area contributed by atoms with E-state index in [4.69, 9.17) is 28.1 Å². The number of carbonyl (C=O) groups is 10. The summed E-state index contributed by atoms with van der Waals surface area (Å²) in [6.07, 6.45) is -1.10. The van der Waals surface area contributed by atoms with Crippen molar-refractivity contribution >= 4 is 126 Å². The van der Waals surface area contributed by atoms with E-state index in [-0.39, 0.29) is 102 Å². The highest BCUT2D eigenvalue weighted by molar-refractivity contribution is 8.76. The lowest BCUT2D eigenvalue weighted by molar-refractivity contribution is -0.145. The molecule has 1 fully saturated rings. The average molecular weight is 1570 g/mol. The molecule has 0 unspecified atom stereocenters. The number of rotatable bonds is 27. The molecular weight excluding hydrogens is 1480 g/mol. The molecule has 5 aromatic carbocycles. The fraction of sp³-hybridized carbons (Fsp3) is 0.342. The van der Waals surface area contributed by atoms with Gasteiger partial charge in [0, 0.05) is 82.2 Å². The molecule has 110 heavy (non-hydrogen) atoms. The van der Waals surface area contributed by atoms with Crippen molar-refractivity contribution in [3.05, 3.63) is 172 Å². The first-order valence-corrected chi connectivity index (χ1v) is 38.3. The summed E-state index contributed by atoms with van der Waals surface area (Å²) in [5, 5.41) is 90.9. The Morgan fingerprint density at radius 2 is 1.27 bits per heavy atom. The second kappa shape index (κ2) is 39.3. The molecule has 582 valence electrons. The molecular formula is C76H87N13O18S3. The largest absolute Gasteiger partial charge is 0.508 e. The molecule has 3 heterocycles. The van der Waals surface area contributed by atoms with E-state index in [1.165, 1.54) is 73.7 Å². The molecule has 3 aliphatic rings. The number of phenolic OH excluding ortho intramolecular Hbond substituents is 2. The number of para-hydroxylation sites is 1. The van der Waals surface area contributed by atoms with Crippen LogP contribution in [0.15, 0.2) is 149 Å². The van der Waals surface area contributed by atoms with Gasteiger partial charge in [0.15, 0.2) is 16.6 Å². The number of aromatic nitrogens is 1. The van der Waals surface area contributed by atoms with Gasteiger partial charge in [-0.25, -0.2) is 9.59 Å². The topological polar surface area (TPSA) is 510 Å². The number of nitrogens with one attached hydrogen (secondary N) is 11. The van der Waals surface area contributed by atoms with E-state index in [1.807, 2.05) is 0 Å². The number of aliphatic hydroxyl groups excluding tert-OH is 2. The normalized spacial score (nSPS) is 19.0. The zero-order chi connectivity index (χ0) is 79.3. The van der Waals surface area contributed by atoms with E-state index in [2.05, 4.69) is 58.2 Å². The quantitative estimate of drug-likeness (QED) is 0.0152. The second-order valence-corrected chi connectivity index (χ2v) is 29.4. The van der Waals surface area contributed by atoms with Crippen LogP contribution in [0.2, 0.25) is 0 Å². The van der Waals surface area contributed by atoms with Gasteiger partial charge >= 0.3 is 11.9 Å². The van der Waals surface area contributed by atoms with Gasteiger partial charge in [0.2, 0.25) is 47.3 Å². The standard InChI is InChI=1S/C76H87N13O18S3/c1-39(90)64-73(102)86-60(72(101)89-65(40(2)91)75(105)106)38-110-109-37-59(71(100)83-57(31-42-18-21-45(92)22-19-42)68(97)84-58(32-43-36-79-53-15-7-6-14-48(43)53)70(99)81-54(67(96)88-64)16-8-10-28-77)85-69(98)56(30-41-12-4-3-5-13-41)82-66(95)55(17-9-11-29-78)87-76(108)80-44-20-25-49(52(33-44)74(103)104)63-50-26-23-46(93)34-61(50)107-62-35-47(94)24-27-51(62)63/h3-7,12-15,18-27,33-36,39-40,54-60,64-65,79,90-93H,8-11,16-17,28-32,37-38,77-78H2,1-2H3,(H,81,99)(H,82,95)(H,83,100)(H,84,97)(H,85,98)(H,86,102)(H,88,96)(H,89,101)(H,103,104)(H,105,106)(H2,80,87,108)/t39-,40-,54+,55+,56-,57+,58-,59+,60+,64+,65+/m1/s1. The Balaban J connectivity index is 1.06. The van der Waals surface area contributed by atoms with Crippen LogP contribution in [0, 0.1) is 0 Å². The van der Waals surface area contributed by atoms with Crippen LogP contribution < -0.4 is 70.1 Å². The third-order valence-electron chi connectivity index (χ3n) is 18.2. The fourth-order valence-electron chi connectivity index (χ4n) is 12.4. The van der Waals surface area contributed by atoms with Gasteiger partial charge in [-0.15, -0.1) is 0 Å². The molecule has 0 spiro atoms. The van der Waals surface area contributed by atoms with Gasteiger partial charge < -0.3 is 105 Å². The monoisotopic (exact) mass is 1570 g/mol. The minimum absolute atomic E-state index is 0.0660. The number of aliphatic carboxylic acids is 1. The molecule has 0 bridgehead atoms. The molecule has 1 aliphatic carbocycles. The van der Waals surface area contributed by atoms with Crippen molar-refractivity contribution in [3.63, 3.8) is 0 Å². The van der Waals surface area contributed by atoms with Crippen molar-refractivity contribution in [1.29, 1.82) is 0 Å². The number of carbonyl (C=O) groups excluding carboxylic acids is 8. The van der Waals surface area contributed by atoms with Crippen molar-refractivity contribution in [3.8, 4) is 33.9 Å². The molecule has 34 heteroatoms. The third-order valence-corrected chi connectivity index (χ3v) is 20.8. The first kappa shape index (κ1) is 82.9. The number of amides is 8. The van der Waals surface area contributed by atoms with Crippen LogP contribution >= 0.6 is 33.8 Å². The molecule has 6 aromatic rings. The number of H-pyrrole nitrogens is 1. The number of hydrogen-bond donors (Lipinski definition) is 19. The molecule has 0 radical (unpaired) electrons. The molecule has 8 amide bonds. The summed E-state index contributed by atoms with van der Waals surface area (Å²) in [6, 6.07) is 19.4. The number of aliphatic hydroxyl groups is 2. The Bertz CT molecular complexity index is 4680. The summed E-state index contributed by atoms with van der Waals surface area (Å²) >= 11 is 5.80. The summed E-state index contributed by atoms with van der Waals surface area (Å²) in [7, 11) is 1.67. The zero-order valence-corrected chi connectivity index (χ0v) is 62.2. The number of phenols is 2. The number of hydrogen-bond acceptors (Lipinski definition) is 21. The van der Waals surface area contributed by atoms with Crippen LogP contribution in [0.5, 0.6) is 11.5 Å². The van der Waals surface area contributed by atoms with Gasteiger partial charge in [0.05, 0.1) is 17.8 Å². The van der Waals surface area contributed by atoms with Crippen LogP contribution in [-0.2, 0) is 62.4 Å². The Kier molecular flexibility index (Phi) is 29.6. The first-order chi connectivity index (χ1) is 52.7. The lowest BCUT2D eigenvalue weighted by Gasteiger charge is -2.29. The maximum atomic E-state index is 15.4. The number of nitrogens with two attached hydrogens (primary N) is 2. The average Bonchev–Trinajstić information content (AvgIpc) is 1.30. The van der Waals surface area contributed by atoms with E-state index in [0.29, 0.717) is 63.4 Å². The Morgan fingerprint density at radius 1 is 0.618 bits per heavy atom. The molecule has 21 N–H and O–H groups in total. The minimum atomic E-state index is -1.91. The number of thiocarbonyl (C=S) groups is 1. The predicted molar refractivity (Wildman–Crippen MR) is 417 cm³/mol. The number of benzene rings is 6. The Labute approximate surface area is 643 Å². The van der Waals surface area contributed by atoms with E-state index >= 15 is 24.0 Å². The van der Waals surface area contributed by atoms with Gasteiger partial charge in [0.25, 0.3) is 0 Å². The number of carboxylic acid groups (broad SMARTS) is 2. The summed E-state index contributed by atoms with van der Waals surface area (Å²) in [5.41, 5.74) is 14.6. The van der Waals surface area contributed by atoms with Crippen LogP contribution in [0.1, 0.15) is 79.4 Å². The summed E-state index contributed by atoms with van der Waals surface area (Å²) in [5.74, 6) is -12.0. The summed E-state index contributed by atoms with van der Waals surface area (Å²) < 4.78 is 5.99. The number of aromatic amines is 1. The van der Waals surface area contributed by atoms with Crippen molar-refractivity contribution < 1.29 is 83.0 Å². The van der Waals surface area contributed by atoms with Crippen molar-refractivity contribution in [1.82, 2.24) is 52.8 Å². The van der Waals surface area contributed by atoms with Gasteiger partial charge in [-0.2, -0.15) is 0 Å². The highest BCUT2D eigenvalue weighted by Crippen LogP contribution is 2.42. The van der Waals surface area contributed by atoms with Gasteiger partial charge in [0.1, 0.15) is 71.2 Å². The van der Waals surface area contributed by atoms with Crippen LogP contribution in [0.3, 0.4) is 0 Å². The lowest BCUT2D eigenvalue weighted by atomic mass is 9.90. The van der Waals surface area contributed by atoms with Crippen molar-refractivity contribution in [2.24, 2.45) is 11.5 Å². The van der Waals surface area contributed by atoms with E-state index in [9.17, 15) is 59.4 Å². The maximum Gasteiger partial charge on any atom is 0.336 e. The Hall–Kier alpha value is -11.1. The maximum absolute atomic E-state index is 15.4. The molecule has 11 atom stereocenters. The molecule has 1 aromatic heterocycles. The van der Waals surface area contributed by atoms with Gasteiger partial charge in [-0.3, -0.25) is 43.2 Å². The number of anilines is 1. The fourth-order valence-corrected chi connectivity index (χ4v) is 15.0. The smallest absolute Gasteiger partial charge is 0.336 e. The lowest BCUT2D eigenvalue weighted by Crippen LogP contribution is -2.62. The first-order valence-electron chi connectivity index (χ1n) is 35.4. The number of aromatic carboxylic acids is 1. The van der Waals surface area contributed by atoms with Gasteiger partial charge in [-0.1, -0.05) is 88.3 Å². The Morgan fingerprint density at radius 3 is 1.97 bits per heavy atom. The molecule has 9 rings (SSSR count). The van der Waals surface area contributed by atoms with E-state index in [0.717, 1.165) is 28.5 Å². The van der Waals surface area contributed by atoms with Crippen molar-refractivity contribution in [2.45, 2.75) is 138 Å². The second-order valence-electron chi connectivity index (χ2n) is 26.5. The van der Waals surface area contributed by atoms with Crippen LogP contribution in [-0.4, -0.2) is 191 Å². The van der Waals surface area contributed by atoms with Crippen LogP contribution in [0.4, 0.5) is 5.69 Å². The SMILES string of the molecule is C[C@@H](O)[C@H](NC(=O)[C@@H]1CSSC[C@H](NC(=O)[C@@H](Cc2ccccc2)NC(=O)[C@H](CCCCN)NC(=S)Nc2ccc(-c3c4ccc(=O)cc-4oc4cc(O)ccc34)c(C(=O)O)c2)C(=O)N[C@@H](Cc2ccc(O)cc2)C(=O)N[C@H](Cc2c[nH]c3ccccc23)C(=O)N[C@@H](CCCCN)C(=O)N[C@@H]([C@@H](C)O)C(=O)N1)C(=O)O. The predicted octanol–water partition coefficient (Wildman–Crippen LogP) is 2.92. The van der Waals surface area contributed by atoms with Crippen molar-refractivity contribution in [2.75, 3.05) is 29.9 Å². The van der Waals surface area contributed by atoms with E-state index in [1.54, 1.807) is 72.9 Å².